The molecule has 0 saturated carbocycles. The Bertz CT molecular complexity index is 1080. The number of benzene rings is 1. The highest BCUT2D eigenvalue weighted by molar-refractivity contribution is 7.89. The molecular weight excluding hydrogens is 448 g/mol. The molecule has 0 spiro atoms. The van der Waals surface area contributed by atoms with Gasteiger partial charge in [-0.3, -0.25) is 0 Å². The molecule has 0 N–H and O–H groups in total. The topological polar surface area (TPSA) is 90.9 Å². The van der Waals surface area contributed by atoms with Crippen molar-refractivity contribution in [3.63, 3.8) is 0 Å². The number of pyridine rings is 1. The molecule has 32 heavy (non-hydrogen) atoms. The molecule has 0 aliphatic carbocycles. The van der Waals surface area contributed by atoms with E-state index in [9.17, 15) is 16.8 Å². The molecule has 3 rings (SSSR count). The quantitative estimate of drug-likeness (QED) is 0.546. The lowest BCUT2D eigenvalue weighted by Crippen LogP contribution is -2.48. The Balaban J connectivity index is 1.71. The van der Waals surface area contributed by atoms with E-state index in [2.05, 4.69) is 4.98 Å². The van der Waals surface area contributed by atoms with E-state index in [-0.39, 0.29) is 10.9 Å². The van der Waals surface area contributed by atoms with Gasteiger partial charge in [0.2, 0.25) is 10.0 Å². The SMILES string of the molecule is CC(C)CN(CCc1ccccc1)S(=O)(=O)c1ccc(N2CCN(S(C)(=O)=O)CC2)cn1. The van der Waals surface area contributed by atoms with Gasteiger partial charge in [0, 0.05) is 39.3 Å². The Kier molecular flexibility index (Phi) is 7.92. The fourth-order valence-electron chi connectivity index (χ4n) is 3.74. The minimum absolute atomic E-state index is 0.0322. The zero-order valence-electron chi connectivity index (χ0n) is 18.9. The third kappa shape index (κ3) is 6.28. The van der Waals surface area contributed by atoms with Crippen LogP contribution in [0.15, 0.2) is 53.7 Å². The van der Waals surface area contributed by atoms with E-state index in [1.807, 2.05) is 49.1 Å². The molecule has 2 heterocycles. The van der Waals surface area contributed by atoms with Crippen LogP contribution in [0.5, 0.6) is 0 Å². The van der Waals surface area contributed by atoms with Crippen molar-refractivity contribution in [1.29, 1.82) is 0 Å². The van der Waals surface area contributed by atoms with Crippen LogP contribution in [0.4, 0.5) is 5.69 Å². The summed E-state index contributed by atoms with van der Waals surface area (Å²) in [5.74, 6) is 0.186. The van der Waals surface area contributed by atoms with Gasteiger partial charge in [0.05, 0.1) is 18.1 Å². The van der Waals surface area contributed by atoms with Crippen molar-refractivity contribution >= 4 is 25.7 Å². The Morgan fingerprint density at radius 2 is 1.62 bits per heavy atom. The molecule has 1 aliphatic rings. The van der Waals surface area contributed by atoms with E-state index in [0.717, 1.165) is 11.3 Å². The number of hydrogen-bond acceptors (Lipinski definition) is 6. The first-order chi connectivity index (χ1) is 15.1. The lowest BCUT2D eigenvalue weighted by molar-refractivity contribution is 0.368. The molecule has 0 amide bonds. The predicted molar refractivity (Wildman–Crippen MR) is 127 cm³/mol. The zero-order chi connectivity index (χ0) is 23.4. The maximum absolute atomic E-state index is 13.3. The van der Waals surface area contributed by atoms with E-state index in [1.54, 1.807) is 18.3 Å². The van der Waals surface area contributed by atoms with Crippen LogP contribution in [0.3, 0.4) is 0 Å². The van der Waals surface area contributed by atoms with Gasteiger partial charge in [0.1, 0.15) is 0 Å². The summed E-state index contributed by atoms with van der Waals surface area (Å²) in [7, 11) is -6.92. The summed E-state index contributed by atoms with van der Waals surface area (Å²) in [6.45, 7) is 6.69. The smallest absolute Gasteiger partial charge is 0.260 e. The van der Waals surface area contributed by atoms with E-state index < -0.39 is 20.0 Å². The summed E-state index contributed by atoms with van der Waals surface area (Å²) >= 11 is 0. The Hall–Kier alpha value is -2.01. The third-order valence-electron chi connectivity index (χ3n) is 5.46. The van der Waals surface area contributed by atoms with Crippen LogP contribution < -0.4 is 4.90 Å². The molecule has 10 heteroatoms. The standard InChI is InChI=1S/C22H32N4O4S2/c1-19(2)18-26(12-11-20-7-5-4-6-8-20)32(29,30)22-10-9-21(17-23-22)24-13-15-25(16-14-24)31(3,27)28/h4-10,17,19H,11-16,18H2,1-3H3. The van der Waals surface area contributed by atoms with Crippen molar-refractivity contribution in [3.05, 3.63) is 54.2 Å². The van der Waals surface area contributed by atoms with Gasteiger partial charge in [-0.15, -0.1) is 0 Å². The molecule has 1 saturated heterocycles. The summed E-state index contributed by atoms with van der Waals surface area (Å²) in [5.41, 5.74) is 1.88. The lowest BCUT2D eigenvalue weighted by Gasteiger charge is -2.34. The average Bonchev–Trinajstić information content (AvgIpc) is 2.76. The number of piperazine rings is 1. The first-order valence-corrected chi connectivity index (χ1v) is 14.1. The normalized spacial score (nSPS) is 16.1. The minimum Gasteiger partial charge on any atom is -0.368 e. The number of rotatable bonds is 9. The van der Waals surface area contributed by atoms with Crippen LogP contribution in [0, 0.1) is 5.92 Å². The molecule has 176 valence electrons. The van der Waals surface area contributed by atoms with Crippen LogP contribution in [-0.4, -0.2) is 76.0 Å². The number of anilines is 1. The van der Waals surface area contributed by atoms with Gasteiger partial charge in [-0.1, -0.05) is 44.2 Å². The molecule has 1 aliphatic heterocycles. The molecular formula is C22H32N4O4S2. The minimum atomic E-state index is -3.73. The molecule has 1 aromatic carbocycles. The van der Waals surface area contributed by atoms with Crippen molar-refractivity contribution in [3.8, 4) is 0 Å². The molecule has 1 fully saturated rings. The van der Waals surface area contributed by atoms with Crippen LogP contribution in [0.2, 0.25) is 0 Å². The predicted octanol–water partition coefficient (Wildman–Crippen LogP) is 2.05. The van der Waals surface area contributed by atoms with Gasteiger partial charge < -0.3 is 4.90 Å². The third-order valence-corrected chi connectivity index (χ3v) is 8.54. The maximum Gasteiger partial charge on any atom is 0.260 e. The van der Waals surface area contributed by atoms with Crippen molar-refractivity contribution in [2.75, 3.05) is 50.4 Å². The van der Waals surface area contributed by atoms with Crippen molar-refractivity contribution in [2.45, 2.75) is 25.3 Å². The first-order valence-electron chi connectivity index (χ1n) is 10.8. The van der Waals surface area contributed by atoms with Gasteiger partial charge in [0.25, 0.3) is 10.0 Å². The number of hydrogen-bond donors (Lipinski definition) is 0. The molecule has 2 aromatic rings. The molecule has 0 bridgehead atoms. The highest BCUT2D eigenvalue weighted by Crippen LogP contribution is 2.21. The largest absolute Gasteiger partial charge is 0.368 e. The van der Waals surface area contributed by atoms with Crippen LogP contribution >= 0.6 is 0 Å². The fourth-order valence-corrected chi connectivity index (χ4v) is 6.08. The number of sulfonamides is 2. The van der Waals surface area contributed by atoms with Gasteiger partial charge >= 0.3 is 0 Å². The van der Waals surface area contributed by atoms with Gasteiger partial charge in [-0.2, -0.15) is 8.61 Å². The van der Waals surface area contributed by atoms with Gasteiger partial charge in [-0.05, 0) is 30.0 Å². The molecule has 1 aromatic heterocycles. The van der Waals surface area contributed by atoms with Crippen molar-refractivity contribution in [1.82, 2.24) is 13.6 Å². The van der Waals surface area contributed by atoms with Crippen LogP contribution in [0.25, 0.3) is 0 Å². The van der Waals surface area contributed by atoms with E-state index >= 15 is 0 Å². The van der Waals surface area contributed by atoms with Crippen LogP contribution in [0.1, 0.15) is 19.4 Å². The maximum atomic E-state index is 13.3. The monoisotopic (exact) mass is 480 g/mol. The summed E-state index contributed by atoms with van der Waals surface area (Å²) in [6.07, 6.45) is 3.41. The highest BCUT2D eigenvalue weighted by Gasteiger charge is 2.27. The summed E-state index contributed by atoms with van der Waals surface area (Å²) in [5, 5.41) is 0.0322. The second kappa shape index (κ2) is 10.3. The average molecular weight is 481 g/mol. The fraction of sp³-hybridized carbons (Fsp3) is 0.500. The summed E-state index contributed by atoms with van der Waals surface area (Å²) in [6, 6.07) is 13.1. The van der Waals surface area contributed by atoms with Gasteiger partial charge in [0.15, 0.2) is 5.03 Å². The Morgan fingerprint density at radius 1 is 0.969 bits per heavy atom. The van der Waals surface area contributed by atoms with E-state index in [1.165, 1.54) is 14.9 Å². The second-order valence-electron chi connectivity index (χ2n) is 8.50. The van der Waals surface area contributed by atoms with Crippen molar-refractivity contribution < 1.29 is 16.8 Å². The molecule has 0 unspecified atom stereocenters. The van der Waals surface area contributed by atoms with Gasteiger partial charge in [-0.25, -0.2) is 21.8 Å². The molecule has 8 nitrogen and oxygen atoms in total. The molecule has 0 radical (unpaired) electrons. The lowest BCUT2D eigenvalue weighted by atomic mass is 10.1. The number of aromatic nitrogens is 1. The Labute approximate surface area is 192 Å². The summed E-state index contributed by atoms with van der Waals surface area (Å²) in [4.78, 5) is 6.29. The highest BCUT2D eigenvalue weighted by atomic mass is 32.2. The van der Waals surface area contributed by atoms with Crippen LogP contribution in [-0.2, 0) is 26.5 Å². The Morgan fingerprint density at radius 3 is 2.16 bits per heavy atom. The molecule has 0 atom stereocenters. The van der Waals surface area contributed by atoms with Crippen molar-refractivity contribution in [2.24, 2.45) is 5.92 Å². The first kappa shape index (κ1) is 24.6. The van der Waals surface area contributed by atoms with E-state index in [4.69, 9.17) is 0 Å². The summed E-state index contributed by atoms with van der Waals surface area (Å²) < 4.78 is 53.0. The van der Waals surface area contributed by atoms with E-state index in [0.29, 0.717) is 45.7 Å². The number of nitrogens with zero attached hydrogens (tertiary/aromatic N) is 4. The zero-order valence-corrected chi connectivity index (χ0v) is 20.5. The second-order valence-corrected chi connectivity index (χ2v) is 12.4.